The molecule has 4 heteroatoms. The summed E-state index contributed by atoms with van der Waals surface area (Å²) in [5.41, 5.74) is 0.331. The van der Waals surface area contributed by atoms with Crippen molar-refractivity contribution in [2.24, 2.45) is 0 Å². The summed E-state index contributed by atoms with van der Waals surface area (Å²) in [6.45, 7) is 6.55. The van der Waals surface area contributed by atoms with E-state index in [9.17, 15) is 0 Å². The molecule has 0 bridgehead atoms. The van der Waals surface area contributed by atoms with Crippen LogP contribution < -0.4 is 10.8 Å². The van der Waals surface area contributed by atoms with E-state index in [2.05, 4.69) is 23.9 Å². The maximum atomic E-state index is 7.45. The predicted octanol–water partition coefficient (Wildman–Crippen LogP) is 1.28. The summed E-state index contributed by atoms with van der Waals surface area (Å²) in [6.07, 6.45) is 2.57. The van der Waals surface area contributed by atoms with Gasteiger partial charge in [-0.2, -0.15) is 0 Å². The minimum absolute atomic E-state index is 0.331. The van der Waals surface area contributed by atoms with E-state index in [0.717, 1.165) is 18.8 Å². The number of aromatic nitrogens is 2. The molecular formula is C9H14N4. The smallest absolute Gasteiger partial charge is 0.147 e. The van der Waals surface area contributed by atoms with Gasteiger partial charge in [-0.1, -0.05) is 13.5 Å². The topological polar surface area (TPSA) is 53.7 Å². The molecule has 1 aromatic heterocycles. The van der Waals surface area contributed by atoms with Gasteiger partial charge in [0, 0.05) is 12.7 Å². The summed E-state index contributed by atoms with van der Waals surface area (Å²) in [5.74, 6) is 0.776. The van der Waals surface area contributed by atoms with Gasteiger partial charge in [-0.05, 0) is 18.6 Å². The van der Waals surface area contributed by atoms with Crippen LogP contribution >= 0.6 is 0 Å². The minimum atomic E-state index is 0.331. The van der Waals surface area contributed by atoms with Crippen LogP contribution in [0.1, 0.15) is 13.3 Å². The molecule has 0 aromatic carbocycles. The Bertz CT molecular complexity index is 340. The Balaban J connectivity index is 2.86. The molecule has 0 aliphatic heterocycles. The van der Waals surface area contributed by atoms with Gasteiger partial charge < -0.3 is 5.32 Å². The van der Waals surface area contributed by atoms with Crippen molar-refractivity contribution in [3.63, 3.8) is 0 Å². The molecular weight excluding hydrogens is 164 g/mol. The SMILES string of the molecule is C=Cn1nc(NCCC)ccc1=N. The van der Waals surface area contributed by atoms with Crippen LogP contribution in [0.3, 0.4) is 0 Å². The Morgan fingerprint density at radius 2 is 2.46 bits per heavy atom. The molecule has 0 saturated heterocycles. The second-order valence-corrected chi connectivity index (χ2v) is 2.66. The molecule has 0 radical (unpaired) electrons. The second kappa shape index (κ2) is 4.45. The lowest BCUT2D eigenvalue weighted by Gasteiger charge is -2.05. The fourth-order valence-corrected chi connectivity index (χ4v) is 0.924. The zero-order valence-corrected chi connectivity index (χ0v) is 7.75. The standard InChI is InChI=1S/C9H14N4/c1-3-7-11-9-6-5-8(10)13(4-2)12-9/h4-6,10H,2-3,7H2,1H3,(H,11,12). The molecule has 0 spiro atoms. The average molecular weight is 178 g/mol. The number of anilines is 1. The maximum absolute atomic E-state index is 7.45. The zero-order chi connectivity index (χ0) is 9.68. The Hall–Kier alpha value is -1.58. The van der Waals surface area contributed by atoms with Gasteiger partial charge in [0.15, 0.2) is 0 Å². The molecule has 4 nitrogen and oxygen atoms in total. The molecule has 1 aromatic rings. The normalized spacial score (nSPS) is 9.62. The molecule has 70 valence electrons. The van der Waals surface area contributed by atoms with Crippen molar-refractivity contribution in [2.45, 2.75) is 13.3 Å². The first-order chi connectivity index (χ1) is 6.27. The van der Waals surface area contributed by atoms with Gasteiger partial charge in [0.2, 0.25) is 0 Å². The molecule has 0 fully saturated rings. The van der Waals surface area contributed by atoms with Crippen LogP contribution in [0.4, 0.5) is 5.82 Å². The molecule has 0 atom stereocenters. The van der Waals surface area contributed by atoms with Gasteiger partial charge in [-0.15, -0.1) is 5.10 Å². The van der Waals surface area contributed by atoms with Gasteiger partial charge in [-0.25, -0.2) is 4.68 Å². The number of hydrogen-bond acceptors (Lipinski definition) is 3. The molecule has 0 amide bonds. The number of nitrogens with zero attached hydrogens (tertiary/aromatic N) is 2. The lowest BCUT2D eigenvalue weighted by molar-refractivity contribution is 0.811. The zero-order valence-electron chi connectivity index (χ0n) is 7.75. The van der Waals surface area contributed by atoms with E-state index in [-0.39, 0.29) is 0 Å². The molecule has 2 N–H and O–H groups in total. The molecule has 0 aliphatic rings. The lowest BCUT2D eigenvalue weighted by atomic mass is 10.4. The van der Waals surface area contributed by atoms with Crippen LogP contribution in [0.25, 0.3) is 6.20 Å². The fourth-order valence-electron chi connectivity index (χ4n) is 0.924. The van der Waals surface area contributed by atoms with E-state index >= 15 is 0 Å². The van der Waals surface area contributed by atoms with Crippen molar-refractivity contribution in [1.29, 1.82) is 5.41 Å². The monoisotopic (exact) mass is 178 g/mol. The van der Waals surface area contributed by atoms with E-state index in [1.807, 2.05) is 0 Å². The summed E-state index contributed by atoms with van der Waals surface area (Å²) in [4.78, 5) is 0. The third-order valence-corrected chi connectivity index (χ3v) is 1.59. The highest BCUT2D eigenvalue weighted by Crippen LogP contribution is 1.97. The van der Waals surface area contributed by atoms with Crippen molar-refractivity contribution in [2.75, 3.05) is 11.9 Å². The predicted molar refractivity (Wildman–Crippen MR) is 53.2 cm³/mol. The highest BCUT2D eigenvalue weighted by molar-refractivity contribution is 5.33. The Morgan fingerprint density at radius 3 is 3.08 bits per heavy atom. The van der Waals surface area contributed by atoms with Crippen molar-refractivity contribution < 1.29 is 0 Å². The van der Waals surface area contributed by atoms with E-state index in [1.54, 1.807) is 12.1 Å². The first-order valence-corrected chi connectivity index (χ1v) is 4.29. The summed E-state index contributed by atoms with van der Waals surface area (Å²) in [6, 6.07) is 3.48. The average Bonchev–Trinajstić information content (AvgIpc) is 2.16. The van der Waals surface area contributed by atoms with E-state index in [0.29, 0.717) is 5.49 Å². The quantitative estimate of drug-likeness (QED) is 0.729. The van der Waals surface area contributed by atoms with Crippen molar-refractivity contribution in [3.8, 4) is 0 Å². The Labute approximate surface area is 77.4 Å². The number of rotatable bonds is 4. The van der Waals surface area contributed by atoms with Crippen molar-refractivity contribution in [1.82, 2.24) is 9.78 Å². The molecule has 0 unspecified atom stereocenters. The number of hydrogen-bond donors (Lipinski definition) is 2. The first-order valence-electron chi connectivity index (χ1n) is 4.29. The van der Waals surface area contributed by atoms with Crippen LogP contribution in [0.5, 0.6) is 0 Å². The Kier molecular flexibility index (Phi) is 3.25. The second-order valence-electron chi connectivity index (χ2n) is 2.66. The van der Waals surface area contributed by atoms with Crippen LogP contribution in [-0.2, 0) is 0 Å². The molecule has 0 saturated carbocycles. The highest BCUT2D eigenvalue weighted by Gasteiger charge is 1.93. The number of nitrogens with one attached hydrogen (secondary N) is 2. The molecule has 0 aliphatic carbocycles. The van der Waals surface area contributed by atoms with Crippen LogP contribution in [0.2, 0.25) is 0 Å². The molecule has 13 heavy (non-hydrogen) atoms. The summed E-state index contributed by atoms with van der Waals surface area (Å²) >= 11 is 0. The van der Waals surface area contributed by atoms with Crippen LogP contribution in [-0.4, -0.2) is 16.3 Å². The minimum Gasteiger partial charge on any atom is -0.369 e. The Morgan fingerprint density at radius 1 is 1.69 bits per heavy atom. The van der Waals surface area contributed by atoms with Gasteiger partial charge in [0.05, 0.1) is 0 Å². The summed E-state index contributed by atoms with van der Waals surface area (Å²) in [5, 5.41) is 14.7. The maximum Gasteiger partial charge on any atom is 0.147 e. The van der Waals surface area contributed by atoms with Gasteiger partial charge in [0.1, 0.15) is 11.3 Å². The van der Waals surface area contributed by atoms with Gasteiger partial charge in [-0.3, -0.25) is 5.41 Å². The highest BCUT2D eigenvalue weighted by atomic mass is 15.3. The lowest BCUT2D eigenvalue weighted by Crippen LogP contribution is -2.18. The fraction of sp³-hybridized carbons (Fsp3) is 0.333. The van der Waals surface area contributed by atoms with E-state index in [4.69, 9.17) is 5.41 Å². The van der Waals surface area contributed by atoms with E-state index in [1.165, 1.54) is 10.9 Å². The van der Waals surface area contributed by atoms with Crippen LogP contribution in [0.15, 0.2) is 18.7 Å². The third kappa shape index (κ3) is 2.43. The van der Waals surface area contributed by atoms with Gasteiger partial charge in [0.25, 0.3) is 0 Å². The van der Waals surface area contributed by atoms with Crippen molar-refractivity contribution in [3.05, 3.63) is 24.2 Å². The third-order valence-electron chi connectivity index (χ3n) is 1.59. The summed E-state index contributed by atoms with van der Waals surface area (Å²) < 4.78 is 1.43. The van der Waals surface area contributed by atoms with Gasteiger partial charge >= 0.3 is 0 Å². The largest absolute Gasteiger partial charge is 0.369 e. The van der Waals surface area contributed by atoms with E-state index < -0.39 is 0 Å². The molecule has 1 heterocycles. The van der Waals surface area contributed by atoms with Crippen LogP contribution in [0, 0.1) is 5.41 Å². The first kappa shape index (κ1) is 9.51. The van der Waals surface area contributed by atoms with Crippen molar-refractivity contribution >= 4 is 12.0 Å². The molecule has 1 rings (SSSR count). The summed E-state index contributed by atoms with van der Waals surface area (Å²) in [7, 11) is 0.